The number of ether oxygens (including phenoxy) is 2. The van der Waals surface area contributed by atoms with E-state index >= 15 is 0 Å². The van der Waals surface area contributed by atoms with Crippen molar-refractivity contribution in [3.8, 4) is 11.5 Å². The molecule has 0 radical (unpaired) electrons. The number of aryl methyl sites for hydroxylation is 1. The average molecular weight is 630 g/mol. The van der Waals surface area contributed by atoms with E-state index in [9.17, 15) is 49.0 Å². The van der Waals surface area contributed by atoms with Crippen LogP contribution in [0.5, 0.6) is 11.5 Å². The first-order valence-electron chi connectivity index (χ1n) is 10.9. The van der Waals surface area contributed by atoms with Crippen LogP contribution in [0.15, 0.2) is 51.1 Å². The number of methoxy groups -OCH3 is 2. The summed E-state index contributed by atoms with van der Waals surface area (Å²) in [5.41, 5.74) is -0.215. The van der Waals surface area contributed by atoms with Crippen LogP contribution in [0.3, 0.4) is 0 Å². The van der Waals surface area contributed by atoms with Gasteiger partial charge in [0.2, 0.25) is 5.75 Å². The number of anilines is 2. The number of rotatable bonds is 8. The fourth-order valence-electron chi connectivity index (χ4n) is 4.22. The predicted octanol–water partition coefficient (Wildman–Crippen LogP) is 3.11. The lowest BCUT2D eigenvalue weighted by atomic mass is 10.1. The van der Waals surface area contributed by atoms with Crippen molar-refractivity contribution in [3.05, 3.63) is 52.2 Å². The normalized spacial score (nSPS) is 12.4. The highest BCUT2D eigenvalue weighted by Crippen LogP contribution is 2.43. The van der Waals surface area contributed by atoms with E-state index in [-0.39, 0.29) is 39.5 Å². The zero-order valence-corrected chi connectivity index (χ0v) is 23.5. The van der Waals surface area contributed by atoms with Gasteiger partial charge in [-0.05, 0) is 37.3 Å². The highest BCUT2D eigenvalue weighted by molar-refractivity contribution is 7.87. The molecule has 0 aliphatic rings. The number of nitro benzene ring substituents is 1. The van der Waals surface area contributed by atoms with Crippen LogP contribution in [0.4, 0.5) is 17.1 Å². The van der Waals surface area contributed by atoms with Crippen molar-refractivity contribution in [1.29, 1.82) is 0 Å². The van der Waals surface area contributed by atoms with Gasteiger partial charge in [-0.1, -0.05) is 0 Å². The molecule has 4 rings (SSSR count). The third kappa shape index (κ3) is 5.45. The molecular formula is C22H19N3O13S3. The number of nitrogens with zero attached hydrogens (tertiary/aromatic N) is 2. The molecule has 218 valence electrons. The van der Waals surface area contributed by atoms with Gasteiger partial charge in [0.05, 0.1) is 46.9 Å². The van der Waals surface area contributed by atoms with Crippen molar-refractivity contribution in [2.45, 2.75) is 21.6 Å². The van der Waals surface area contributed by atoms with E-state index in [1.54, 1.807) is 0 Å². The smallest absolute Gasteiger partial charge is 0.315 e. The molecule has 0 atom stereocenters. The second-order valence-corrected chi connectivity index (χ2v) is 12.6. The number of pyridine rings is 1. The van der Waals surface area contributed by atoms with Gasteiger partial charge in [0.25, 0.3) is 30.4 Å². The topological polar surface area (TPSA) is 250 Å². The molecule has 3 aromatic carbocycles. The summed E-state index contributed by atoms with van der Waals surface area (Å²) in [4.78, 5) is 12.2. The van der Waals surface area contributed by atoms with Crippen molar-refractivity contribution in [2.75, 3.05) is 19.5 Å². The van der Waals surface area contributed by atoms with E-state index in [4.69, 9.17) is 9.47 Å². The Morgan fingerprint density at radius 3 is 1.98 bits per heavy atom. The summed E-state index contributed by atoms with van der Waals surface area (Å²) in [6.07, 6.45) is 0. The number of aromatic nitrogens is 1. The lowest BCUT2D eigenvalue weighted by Gasteiger charge is -2.18. The summed E-state index contributed by atoms with van der Waals surface area (Å²) >= 11 is 0. The van der Waals surface area contributed by atoms with Crippen LogP contribution in [-0.2, 0) is 30.4 Å². The van der Waals surface area contributed by atoms with Crippen LogP contribution < -0.4 is 14.8 Å². The van der Waals surface area contributed by atoms with Gasteiger partial charge in [-0.2, -0.15) is 25.3 Å². The van der Waals surface area contributed by atoms with Gasteiger partial charge in [-0.25, -0.2) is 4.98 Å². The van der Waals surface area contributed by atoms with Gasteiger partial charge in [0, 0.05) is 16.5 Å². The van der Waals surface area contributed by atoms with Crippen LogP contribution in [0, 0.1) is 17.0 Å². The summed E-state index contributed by atoms with van der Waals surface area (Å²) in [6.45, 7) is 1.50. The largest absolute Gasteiger partial charge is 0.494 e. The van der Waals surface area contributed by atoms with Crippen molar-refractivity contribution < 1.29 is 53.3 Å². The highest BCUT2D eigenvalue weighted by atomic mass is 32.2. The van der Waals surface area contributed by atoms with E-state index in [1.165, 1.54) is 27.2 Å². The number of nitro groups is 1. The van der Waals surface area contributed by atoms with Crippen LogP contribution in [0.2, 0.25) is 0 Å². The van der Waals surface area contributed by atoms with Crippen molar-refractivity contribution in [3.63, 3.8) is 0 Å². The summed E-state index contributed by atoms with van der Waals surface area (Å²) in [7, 11) is -13.1. The maximum absolute atomic E-state index is 12.3. The van der Waals surface area contributed by atoms with E-state index < -0.39 is 66.4 Å². The van der Waals surface area contributed by atoms with Gasteiger partial charge in [0.1, 0.15) is 15.3 Å². The first kappa shape index (κ1) is 29.8. The zero-order chi connectivity index (χ0) is 30.7. The SMILES string of the molecule is COc1c([N+](=O)[O-])cc(OC)c2nc(C)c(Nc3ccc(S(=O)(=O)O)c4cc(S(=O)(=O)O)cc(S(=O)(=O)O)c34)cc12. The molecule has 0 saturated heterocycles. The quantitative estimate of drug-likeness (QED) is 0.124. The fourth-order valence-corrected chi connectivity index (χ4v) is 6.26. The molecule has 1 aromatic heterocycles. The first-order valence-corrected chi connectivity index (χ1v) is 15.2. The minimum atomic E-state index is -5.29. The molecule has 0 spiro atoms. The maximum Gasteiger partial charge on any atom is 0.315 e. The Bertz CT molecular complexity index is 2110. The van der Waals surface area contributed by atoms with E-state index in [1.807, 2.05) is 0 Å². The van der Waals surface area contributed by atoms with Gasteiger partial charge < -0.3 is 14.8 Å². The van der Waals surface area contributed by atoms with E-state index in [2.05, 4.69) is 10.3 Å². The molecular weight excluding hydrogens is 610 g/mol. The molecule has 16 nitrogen and oxygen atoms in total. The maximum atomic E-state index is 12.3. The number of nitrogens with one attached hydrogen (secondary N) is 1. The molecule has 1 heterocycles. The summed E-state index contributed by atoms with van der Waals surface area (Å²) in [5.74, 6) is -0.152. The molecule has 0 saturated carbocycles. The van der Waals surface area contributed by atoms with Crippen LogP contribution in [0.25, 0.3) is 21.7 Å². The Balaban J connectivity index is 2.12. The third-order valence-corrected chi connectivity index (χ3v) is 8.57. The van der Waals surface area contributed by atoms with Crippen LogP contribution in [0.1, 0.15) is 5.69 Å². The van der Waals surface area contributed by atoms with Crippen LogP contribution >= 0.6 is 0 Å². The zero-order valence-electron chi connectivity index (χ0n) is 21.0. The average Bonchev–Trinajstić information content (AvgIpc) is 2.85. The highest BCUT2D eigenvalue weighted by Gasteiger charge is 2.28. The molecule has 0 amide bonds. The minimum absolute atomic E-state index is 0.0384. The third-order valence-electron chi connectivity index (χ3n) is 5.95. The van der Waals surface area contributed by atoms with Gasteiger partial charge in [-0.3, -0.25) is 23.8 Å². The second-order valence-electron chi connectivity index (χ2n) is 8.41. The van der Waals surface area contributed by atoms with Gasteiger partial charge >= 0.3 is 5.69 Å². The monoisotopic (exact) mass is 629 g/mol. The Morgan fingerprint density at radius 2 is 1.46 bits per heavy atom. The first-order chi connectivity index (χ1) is 18.9. The van der Waals surface area contributed by atoms with E-state index in [0.717, 1.165) is 18.2 Å². The van der Waals surface area contributed by atoms with Gasteiger partial charge in [-0.15, -0.1) is 0 Å². The lowest BCUT2D eigenvalue weighted by Crippen LogP contribution is -2.09. The molecule has 0 fully saturated rings. The summed E-state index contributed by atoms with van der Waals surface area (Å²) in [6, 6.07) is 5.30. The molecule has 0 unspecified atom stereocenters. The van der Waals surface area contributed by atoms with Crippen molar-refractivity contribution in [2.24, 2.45) is 0 Å². The number of fused-ring (bicyclic) bond motifs is 2. The van der Waals surface area contributed by atoms with Gasteiger partial charge in [0.15, 0.2) is 5.75 Å². The predicted molar refractivity (Wildman–Crippen MR) is 143 cm³/mol. The minimum Gasteiger partial charge on any atom is -0.494 e. The second kappa shape index (κ2) is 10.0. The Morgan fingerprint density at radius 1 is 0.829 bits per heavy atom. The Kier molecular flexibility index (Phi) is 7.31. The van der Waals surface area contributed by atoms with Crippen LogP contribution in [-0.4, -0.2) is 63.0 Å². The molecule has 19 heteroatoms. The fraction of sp³-hybridized carbons (Fsp3) is 0.136. The molecule has 41 heavy (non-hydrogen) atoms. The summed E-state index contributed by atoms with van der Waals surface area (Å²) < 4.78 is 112. The number of hydrogen-bond donors (Lipinski definition) is 4. The molecule has 4 N–H and O–H groups in total. The Labute approximate surface area is 231 Å². The summed E-state index contributed by atoms with van der Waals surface area (Å²) in [5, 5.41) is 13.3. The number of benzene rings is 3. The number of hydrogen-bond acceptors (Lipinski definition) is 12. The van der Waals surface area contributed by atoms with Crippen molar-refractivity contribution in [1.82, 2.24) is 4.98 Å². The Hall–Kier alpha value is -4.14. The molecule has 0 aliphatic heterocycles. The van der Waals surface area contributed by atoms with E-state index in [0.29, 0.717) is 12.1 Å². The lowest BCUT2D eigenvalue weighted by molar-refractivity contribution is -0.385. The molecule has 0 aliphatic carbocycles. The molecule has 0 bridgehead atoms. The standard InChI is InChI=1S/C22H19N3O13S3/c1-10-15(8-13-21(23-10)17(37-2)9-16(25(26)27)22(13)38-3)24-14-4-5-18(40(31,32)33)12-6-11(39(28,29)30)7-19(20(12)14)41(34,35)36/h4-9,24H,1-3H3,(H,28,29,30)(H,31,32,33)(H,34,35,36). The van der Waals surface area contributed by atoms with Crippen molar-refractivity contribution >= 4 is 69.1 Å². The molecule has 4 aromatic rings.